The first-order valence-electron chi connectivity index (χ1n) is 11.0. The summed E-state index contributed by atoms with van der Waals surface area (Å²) in [7, 11) is 0. The Bertz CT molecular complexity index is 603. The highest BCUT2D eigenvalue weighted by molar-refractivity contribution is 5.90. The number of hydrogen-bond acceptors (Lipinski definition) is 3. The van der Waals surface area contributed by atoms with Gasteiger partial charge in [0.05, 0.1) is 0 Å². The molecule has 0 aliphatic carbocycles. The second-order valence-electron chi connectivity index (χ2n) is 7.73. The van der Waals surface area contributed by atoms with Gasteiger partial charge in [-0.1, -0.05) is 40.0 Å². The van der Waals surface area contributed by atoms with Crippen LogP contribution in [0.4, 0.5) is 11.4 Å². The predicted molar refractivity (Wildman–Crippen MR) is 117 cm³/mol. The van der Waals surface area contributed by atoms with Gasteiger partial charge in [0.15, 0.2) is 0 Å². The largest absolute Gasteiger partial charge is 0.368 e. The van der Waals surface area contributed by atoms with Crippen LogP contribution in [0.3, 0.4) is 0 Å². The Morgan fingerprint density at radius 2 is 1.57 bits per heavy atom. The van der Waals surface area contributed by atoms with E-state index in [1.165, 1.54) is 12.8 Å². The molecule has 28 heavy (non-hydrogen) atoms. The zero-order valence-corrected chi connectivity index (χ0v) is 17.9. The van der Waals surface area contributed by atoms with Crippen molar-refractivity contribution in [2.45, 2.75) is 65.7 Å². The topological polar surface area (TPSA) is 52.7 Å². The van der Waals surface area contributed by atoms with Gasteiger partial charge in [-0.2, -0.15) is 0 Å². The number of nitrogens with one attached hydrogen (secondary N) is 1. The van der Waals surface area contributed by atoms with Gasteiger partial charge in [0, 0.05) is 49.9 Å². The molecular weight excluding hydrogens is 350 g/mol. The third kappa shape index (κ3) is 6.54. The number of piperazine rings is 1. The maximum Gasteiger partial charge on any atom is 0.225 e. The number of amides is 2. The fourth-order valence-corrected chi connectivity index (χ4v) is 3.77. The summed E-state index contributed by atoms with van der Waals surface area (Å²) in [5, 5.41) is 2.99. The van der Waals surface area contributed by atoms with E-state index in [-0.39, 0.29) is 11.8 Å². The van der Waals surface area contributed by atoms with E-state index in [0.717, 1.165) is 63.2 Å². The maximum absolute atomic E-state index is 12.5. The first-order valence-corrected chi connectivity index (χ1v) is 11.0. The highest BCUT2D eigenvalue weighted by Crippen LogP contribution is 2.21. The van der Waals surface area contributed by atoms with Crippen LogP contribution in [0.2, 0.25) is 0 Å². The van der Waals surface area contributed by atoms with Crippen molar-refractivity contribution in [3.05, 3.63) is 24.3 Å². The minimum Gasteiger partial charge on any atom is -0.368 e. The van der Waals surface area contributed by atoms with Crippen molar-refractivity contribution in [2.24, 2.45) is 5.92 Å². The molecule has 5 nitrogen and oxygen atoms in total. The second kappa shape index (κ2) is 11.7. The van der Waals surface area contributed by atoms with Gasteiger partial charge in [0.2, 0.25) is 11.8 Å². The van der Waals surface area contributed by atoms with Gasteiger partial charge in [0.1, 0.15) is 0 Å². The van der Waals surface area contributed by atoms with Gasteiger partial charge in [-0.05, 0) is 43.5 Å². The van der Waals surface area contributed by atoms with E-state index >= 15 is 0 Å². The Balaban J connectivity index is 1.79. The van der Waals surface area contributed by atoms with Crippen molar-refractivity contribution >= 4 is 23.2 Å². The van der Waals surface area contributed by atoms with Crippen LogP contribution < -0.4 is 10.2 Å². The molecule has 0 aromatic heterocycles. The predicted octanol–water partition coefficient (Wildman–Crippen LogP) is 4.68. The van der Waals surface area contributed by atoms with Crippen LogP contribution in [0, 0.1) is 5.92 Å². The van der Waals surface area contributed by atoms with E-state index in [4.69, 9.17) is 0 Å². The van der Waals surface area contributed by atoms with Crippen molar-refractivity contribution < 1.29 is 9.59 Å². The molecule has 5 heteroatoms. The summed E-state index contributed by atoms with van der Waals surface area (Å²) in [4.78, 5) is 28.9. The molecule has 1 aliphatic rings. The lowest BCUT2D eigenvalue weighted by molar-refractivity contribution is -0.136. The van der Waals surface area contributed by atoms with Gasteiger partial charge in [0.25, 0.3) is 0 Å². The fraction of sp³-hybridized carbons (Fsp3) is 0.652. The van der Waals surface area contributed by atoms with Gasteiger partial charge in [-0.3, -0.25) is 9.59 Å². The summed E-state index contributed by atoms with van der Waals surface area (Å²) >= 11 is 0. The molecule has 0 bridgehead atoms. The minimum absolute atomic E-state index is 0.0948. The van der Waals surface area contributed by atoms with Crippen molar-refractivity contribution in [3.63, 3.8) is 0 Å². The minimum atomic E-state index is 0.0948. The summed E-state index contributed by atoms with van der Waals surface area (Å²) in [5.41, 5.74) is 2.00. The lowest BCUT2D eigenvalue weighted by Gasteiger charge is -2.37. The molecule has 0 radical (unpaired) electrons. The molecule has 0 unspecified atom stereocenters. The lowest BCUT2D eigenvalue weighted by atomic mass is 10.0. The number of benzene rings is 1. The fourth-order valence-electron chi connectivity index (χ4n) is 3.77. The Labute approximate surface area is 170 Å². The SMILES string of the molecule is CCCCCCC(=O)Nc1ccc(N2CCN(C(=O)C(CC)CC)CC2)cc1. The molecule has 0 saturated carbocycles. The standard InChI is InChI=1S/C23H37N3O2/c1-4-7-8-9-10-22(27)24-20-11-13-21(14-12-20)25-15-17-26(18-16-25)23(28)19(5-2)6-3/h11-14,19H,4-10,15-18H2,1-3H3,(H,24,27). The number of nitrogens with zero attached hydrogens (tertiary/aromatic N) is 2. The summed E-state index contributed by atoms with van der Waals surface area (Å²) < 4.78 is 0. The lowest BCUT2D eigenvalue weighted by Crippen LogP contribution is -2.50. The van der Waals surface area contributed by atoms with Crippen LogP contribution in [0.1, 0.15) is 65.7 Å². The molecule has 156 valence electrons. The van der Waals surface area contributed by atoms with Crippen molar-refractivity contribution in [1.82, 2.24) is 4.90 Å². The van der Waals surface area contributed by atoms with Crippen molar-refractivity contribution in [2.75, 3.05) is 36.4 Å². The molecule has 1 aromatic carbocycles. The van der Waals surface area contributed by atoms with Crippen molar-refractivity contribution in [1.29, 1.82) is 0 Å². The number of rotatable bonds is 10. The number of carbonyl (C=O) groups excluding carboxylic acids is 2. The van der Waals surface area contributed by atoms with Crippen LogP contribution in [0.25, 0.3) is 0 Å². The Hall–Kier alpha value is -2.04. The van der Waals surface area contributed by atoms with Gasteiger partial charge < -0.3 is 15.1 Å². The number of unbranched alkanes of at least 4 members (excludes halogenated alkanes) is 3. The highest BCUT2D eigenvalue weighted by atomic mass is 16.2. The molecule has 1 aliphatic heterocycles. The normalized spacial score (nSPS) is 14.4. The van der Waals surface area contributed by atoms with Gasteiger partial charge in [-0.15, -0.1) is 0 Å². The third-order valence-corrected chi connectivity index (χ3v) is 5.70. The van der Waals surface area contributed by atoms with Crippen molar-refractivity contribution in [3.8, 4) is 0 Å². The first kappa shape index (κ1) is 22.3. The zero-order chi connectivity index (χ0) is 20.4. The molecular formula is C23H37N3O2. The summed E-state index contributed by atoms with van der Waals surface area (Å²) in [6.45, 7) is 9.63. The van der Waals surface area contributed by atoms with E-state index in [2.05, 4.69) is 43.1 Å². The molecule has 1 saturated heterocycles. The van der Waals surface area contributed by atoms with Crippen LogP contribution in [0.15, 0.2) is 24.3 Å². The average Bonchev–Trinajstić information content (AvgIpc) is 2.73. The summed E-state index contributed by atoms with van der Waals surface area (Å²) in [5.74, 6) is 0.565. The smallest absolute Gasteiger partial charge is 0.225 e. The van der Waals surface area contributed by atoms with E-state index < -0.39 is 0 Å². The first-order chi connectivity index (χ1) is 13.6. The van der Waals surface area contributed by atoms with E-state index in [1.54, 1.807) is 0 Å². The van der Waals surface area contributed by atoms with Crippen LogP contribution >= 0.6 is 0 Å². The third-order valence-electron chi connectivity index (χ3n) is 5.70. The highest BCUT2D eigenvalue weighted by Gasteiger charge is 2.25. The van der Waals surface area contributed by atoms with Gasteiger partial charge >= 0.3 is 0 Å². The molecule has 1 heterocycles. The summed E-state index contributed by atoms with van der Waals surface area (Å²) in [6.07, 6.45) is 6.88. The molecule has 1 aromatic rings. The Morgan fingerprint density at radius 3 is 2.14 bits per heavy atom. The monoisotopic (exact) mass is 387 g/mol. The molecule has 1 N–H and O–H groups in total. The second-order valence-corrected chi connectivity index (χ2v) is 7.73. The molecule has 2 rings (SSSR count). The molecule has 0 atom stereocenters. The maximum atomic E-state index is 12.5. The van der Waals surface area contributed by atoms with Crippen LogP contribution in [-0.2, 0) is 9.59 Å². The quantitative estimate of drug-likeness (QED) is 0.593. The van der Waals surface area contributed by atoms with Gasteiger partial charge in [-0.25, -0.2) is 0 Å². The number of hydrogen-bond donors (Lipinski definition) is 1. The average molecular weight is 388 g/mol. The Morgan fingerprint density at radius 1 is 0.929 bits per heavy atom. The van der Waals surface area contributed by atoms with E-state index in [1.807, 2.05) is 17.0 Å². The van der Waals surface area contributed by atoms with Crippen LogP contribution in [0.5, 0.6) is 0 Å². The molecule has 0 spiro atoms. The zero-order valence-electron chi connectivity index (χ0n) is 17.9. The number of anilines is 2. The molecule has 2 amide bonds. The Kier molecular flexibility index (Phi) is 9.32. The number of carbonyl (C=O) groups is 2. The molecule has 1 fully saturated rings. The van der Waals surface area contributed by atoms with E-state index in [0.29, 0.717) is 12.3 Å². The van der Waals surface area contributed by atoms with E-state index in [9.17, 15) is 9.59 Å². The summed E-state index contributed by atoms with van der Waals surface area (Å²) in [6, 6.07) is 8.07. The van der Waals surface area contributed by atoms with Crippen LogP contribution in [-0.4, -0.2) is 42.9 Å².